The summed E-state index contributed by atoms with van der Waals surface area (Å²) in [7, 11) is 1.68. The molecule has 0 radical (unpaired) electrons. The lowest BCUT2D eigenvalue weighted by molar-refractivity contribution is 0.172. The van der Waals surface area contributed by atoms with Crippen LogP contribution >= 0.6 is 0 Å². The summed E-state index contributed by atoms with van der Waals surface area (Å²) >= 11 is 0. The molecule has 0 bridgehead atoms. The zero-order chi connectivity index (χ0) is 21.8. The molecule has 2 aromatic carbocycles. The monoisotopic (exact) mass is 417 g/mol. The van der Waals surface area contributed by atoms with Gasteiger partial charge in [-0.25, -0.2) is 9.38 Å². The molecule has 2 rings (SSSR count). The van der Waals surface area contributed by atoms with Crippen LogP contribution in [0.1, 0.15) is 36.1 Å². The van der Waals surface area contributed by atoms with E-state index in [1.807, 2.05) is 32.0 Å². The molecule has 0 heterocycles. The van der Waals surface area contributed by atoms with Crippen LogP contribution in [0.25, 0.3) is 0 Å². The standard InChI is InChI=1S/C23H32FN3O3/c1-4-25-23(27-16-21(28)18-8-10-20(24)11-9-18)26-15-19-7-6-17(2)14-22(19)30-13-5-12-29-3/h6-11,14,21,28H,4-5,12-13,15-16H2,1-3H3,(H2,25,26,27). The van der Waals surface area contributed by atoms with Crippen molar-refractivity contribution in [3.8, 4) is 5.75 Å². The Balaban J connectivity index is 2.00. The molecule has 6 nitrogen and oxygen atoms in total. The van der Waals surface area contributed by atoms with E-state index in [2.05, 4.69) is 15.6 Å². The summed E-state index contributed by atoms with van der Waals surface area (Å²) in [5.74, 6) is 1.08. The smallest absolute Gasteiger partial charge is 0.191 e. The molecule has 1 unspecified atom stereocenters. The number of aliphatic imine (C=N–C) groups is 1. The first kappa shape index (κ1) is 23.6. The van der Waals surface area contributed by atoms with Crippen LogP contribution < -0.4 is 15.4 Å². The van der Waals surface area contributed by atoms with Gasteiger partial charge < -0.3 is 25.2 Å². The van der Waals surface area contributed by atoms with Crippen LogP contribution in [0.3, 0.4) is 0 Å². The van der Waals surface area contributed by atoms with E-state index < -0.39 is 6.10 Å². The maximum atomic E-state index is 13.1. The van der Waals surface area contributed by atoms with Crippen molar-refractivity contribution in [2.45, 2.75) is 32.9 Å². The summed E-state index contributed by atoms with van der Waals surface area (Å²) < 4.78 is 24.0. The van der Waals surface area contributed by atoms with E-state index in [-0.39, 0.29) is 12.4 Å². The number of hydrogen-bond donors (Lipinski definition) is 3. The van der Waals surface area contributed by atoms with Gasteiger partial charge in [-0.1, -0.05) is 24.3 Å². The van der Waals surface area contributed by atoms with E-state index in [9.17, 15) is 9.50 Å². The van der Waals surface area contributed by atoms with Gasteiger partial charge in [0, 0.05) is 38.8 Å². The van der Waals surface area contributed by atoms with Crippen LogP contribution in [0, 0.1) is 12.7 Å². The Morgan fingerprint density at radius 1 is 1.13 bits per heavy atom. The Hall–Kier alpha value is -2.64. The van der Waals surface area contributed by atoms with Gasteiger partial charge in [0.05, 0.1) is 19.3 Å². The summed E-state index contributed by atoms with van der Waals surface area (Å²) in [4.78, 5) is 4.62. The average Bonchev–Trinajstić information content (AvgIpc) is 2.74. The highest BCUT2D eigenvalue weighted by Gasteiger charge is 2.09. The second-order valence-corrected chi connectivity index (χ2v) is 6.95. The highest BCUT2D eigenvalue weighted by Crippen LogP contribution is 2.21. The highest BCUT2D eigenvalue weighted by molar-refractivity contribution is 5.79. The predicted molar refractivity (Wildman–Crippen MR) is 117 cm³/mol. The number of halogens is 1. The predicted octanol–water partition coefficient (Wildman–Crippen LogP) is 3.34. The third kappa shape index (κ3) is 8.00. The summed E-state index contributed by atoms with van der Waals surface area (Å²) in [6, 6.07) is 11.9. The average molecular weight is 418 g/mol. The molecule has 0 amide bonds. The van der Waals surface area contributed by atoms with E-state index in [1.165, 1.54) is 12.1 Å². The molecule has 3 N–H and O–H groups in total. The number of nitrogens with one attached hydrogen (secondary N) is 2. The van der Waals surface area contributed by atoms with Crippen LogP contribution in [-0.2, 0) is 11.3 Å². The molecule has 30 heavy (non-hydrogen) atoms. The van der Waals surface area contributed by atoms with Gasteiger partial charge in [-0.2, -0.15) is 0 Å². The number of guanidine groups is 1. The SMILES string of the molecule is CCNC(=NCc1ccc(C)cc1OCCCOC)NCC(O)c1ccc(F)cc1. The molecule has 7 heteroatoms. The Labute approximate surface area is 178 Å². The summed E-state index contributed by atoms with van der Waals surface area (Å²) in [5.41, 5.74) is 2.75. The lowest BCUT2D eigenvalue weighted by atomic mass is 10.1. The van der Waals surface area contributed by atoms with Crippen molar-refractivity contribution < 1.29 is 19.0 Å². The van der Waals surface area contributed by atoms with Crippen LogP contribution in [0.5, 0.6) is 5.75 Å². The summed E-state index contributed by atoms with van der Waals surface area (Å²) in [6.07, 6.45) is 0.0482. The van der Waals surface area contributed by atoms with Gasteiger partial charge in [0.2, 0.25) is 0 Å². The Morgan fingerprint density at radius 2 is 1.90 bits per heavy atom. The zero-order valence-corrected chi connectivity index (χ0v) is 18.0. The molecule has 164 valence electrons. The Morgan fingerprint density at radius 3 is 2.60 bits per heavy atom. The fourth-order valence-corrected chi connectivity index (χ4v) is 2.81. The molecule has 2 aromatic rings. The minimum atomic E-state index is -0.770. The van der Waals surface area contributed by atoms with Gasteiger partial charge >= 0.3 is 0 Å². The number of nitrogens with zero attached hydrogens (tertiary/aromatic N) is 1. The van der Waals surface area contributed by atoms with Crippen molar-refractivity contribution in [3.05, 3.63) is 65.0 Å². The second-order valence-electron chi connectivity index (χ2n) is 6.95. The minimum absolute atomic E-state index is 0.256. The minimum Gasteiger partial charge on any atom is -0.493 e. The fourth-order valence-electron chi connectivity index (χ4n) is 2.81. The molecule has 0 fully saturated rings. The maximum Gasteiger partial charge on any atom is 0.191 e. The molecule has 0 aliphatic heterocycles. The van der Waals surface area contributed by atoms with Gasteiger partial charge in [0.15, 0.2) is 5.96 Å². The van der Waals surface area contributed by atoms with Crippen LogP contribution in [-0.4, -0.2) is 44.5 Å². The van der Waals surface area contributed by atoms with E-state index >= 15 is 0 Å². The number of hydrogen-bond acceptors (Lipinski definition) is 4. The van der Waals surface area contributed by atoms with Gasteiger partial charge in [0.25, 0.3) is 0 Å². The first-order chi connectivity index (χ1) is 14.5. The lowest BCUT2D eigenvalue weighted by Gasteiger charge is -2.16. The zero-order valence-electron chi connectivity index (χ0n) is 18.0. The van der Waals surface area contributed by atoms with Crippen molar-refractivity contribution in [2.75, 3.05) is 33.4 Å². The number of rotatable bonds is 11. The molecule has 0 spiro atoms. The third-order valence-electron chi connectivity index (χ3n) is 4.44. The van der Waals surface area contributed by atoms with Gasteiger partial charge in [-0.3, -0.25) is 0 Å². The van der Waals surface area contributed by atoms with E-state index in [0.717, 1.165) is 23.3 Å². The number of aryl methyl sites for hydroxylation is 1. The molecule has 0 aliphatic carbocycles. The van der Waals surface area contributed by atoms with Crippen molar-refractivity contribution in [1.82, 2.24) is 10.6 Å². The van der Waals surface area contributed by atoms with Crippen molar-refractivity contribution in [2.24, 2.45) is 4.99 Å². The van der Waals surface area contributed by atoms with Gasteiger partial charge in [-0.05, 0) is 43.2 Å². The number of aliphatic hydroxyl groups is 1. The summed E-state index contributed by atoms with van der Waals surface area (Å²) in [5, 5.41) is 16.6. The van der Waals surface area contributed by atoms with Crippen LogP contribution in [0.2, 0.25) is 0 Å². The third-order valence-corrected chi connectivity index (χ3v) is 4.44. The van der Waals surface area contributed by atoms with Crippen molar-refractivity contribution >= 4 is 5.96 Å². The highest BCUT2D eigenvalue weighted by atomic mass is 19.1. The Bertz CT molecular complexity index is 797. The van der Waals surface area contributed by atoms with Crippen molar-refractivity contribution in [1.29, 1.82) is 0 Å². The van der Waals surface area contributed by atoms with E-state index in [4.69, 9.17) is 9.47 Å². The molecule has 0 aromatic heterocycles. The fraction of sp³-hybridized carbons (Fsp3) is 0.435. The molecular formula is C23H32FN3O3. The topological polar surface area (TPSA) is 75.1 Å². The summed E-state index contributed by atoms with van der Waals surface area (Å²) in [6.45, 7) is 6.61. The van der Waals surface area contributed by atoms with Gasteiger partial charge in [0.1, 0.15) is 11.6 Å². The van der Waals surface area contributed by atoms with Crippen molar-refractivity contribution in [3.63, 3.8) is 0 Å². The van der Waals surface area contributed by atoms with Crippen LogP contribution in [0.15, 0.2) is 47.5 Å². The maximum absolute atomic E-state index is 13.1. The molecular weight excluding hydrogens is 385 g/mol. The lowest BCUT2D eigenvalue weighted by Crippen LogP contribution is -2.39. The van der Waals surface area contributed by atoms with Crippen LogP contribution in [0.4, 0.5) is 4.39 Å². The molecule has 0 saturated carbocycles. The molecule has 0 aliphatic rings. The van der Waals surface area contributed by atoms with E-state index in [1.54, 1.807) is 19.2 Å². The quantitative estimate of drug-likeness (QED) is 0.297. The normalized spacial score (nSPS) is 12.5. The number of benzene rings is 2. The first-order valence-electron chi connectivity index (χ1n) is 10.2. The molecule has 0 saturated heterocycles. The number of ether oxygens (including phenoxy) is 2. The first-order valence-corrected chi connectivity index (χ1v) is 10.2. The van der Waals surface area contributed by atoms with E-state index in [0.29, 0.717) is 37.8 Å². The largest absolute Gasteiger partial charge is 0.493 e. The number of aliphatic hydroxyl groups excluding tert-OH is 1. The number of methoxy groups -OCH3 is 1. The Kier molecular flexibility index (Phi) is 10.1. The second kappa shape index (κ2) is 12.8. The molecule has 1 atom stereocenters. The van der Waals surface area contributed by atoms with Gasteiger partial charge in [-0.15, -0.1) is 0 Å².